The number of nitrogens with zero attached hydrogens (tertiary/aromatic N) is 2. The maximum absolute atomic E-state index is 13.4. The summed E-state index contributed by atoms with van der Waals surface area (Å²) in [5.74, 6) is 0.662. The number of benzene rings is 3. The standard InChI is InChI=1S/C33H31BrN4O4/c1-2-42-25-13-11-24(12-14-25)35-32(40)22-10-15-30(28(17-22)36-33(41)26-6-3-4-7-27(26)34)37-18-21-16-23(20-37)29-8-5-9-31(39)38(29)19-21/h3-15,17,21,23H,2,16,18-20H2,1H3,(H,35,40)(H,36,41). The van der Waals surface area contributed by atoms with Crippen LogP contribution in [0.15, 0.2) is 94.2 Å². The summed E-state index contributed by atoms with van der Waals surface area (Å²) in [6.07, 6.45) is 1.02. The summed E-state index contributed by atoms with van der Waals surface area (Å²) < 4.78 is 8.08. The van der Waals surface area contributed by atoms with E-state index >= 15 is 0 Å². The predicted octanol–water partition coefficient (Wildman–Crippen LogP) is 6.14. The average molecular weight is 628 g/mol. The first-order chi connectivity index (χ1) is 20.4. The van der Waals surface area contributed by atoms with Gasteiger partial charge in [0.15, 0.2) is 0 Å². The van der Waals surface area contributed by atoms with Crippen LogP contribution in [0, 0.1) is 5.92 Å². The van der Waals surface area contributed by atoms with Crippen molar-refractivity contribution in [2.75, 3.05) is 35.2 Å². The molecule has 0 radical (unpaired) electrons. The van der Waals surface area contributed by atoms with E-state index in [1.54, 1.807) is 36.4 Å². The molecular formula is C33H31BrN4O4. The summed E-state index contributed by atoms with van der Waals surface area (Å²) in [7, 11) is 0. The van der Waals surface area contributed by atoms with Gasteiger partial charge in [-0.3, -0.25) is 14.4 Å². The van der Waals surface area contributed by atoms with Crippen LogP contribution in [0.2, 0.25) is 0 Å². The largest absolute Gasteiger partial charge is 0.494 e. The Morgan fingerprint density at radius 1 is 0.905 bits per heavy atom. The quantitative estimate of drug-likeness (QED) is 0.257. The second kappa shape index (κ2) is 11.9. The number of carbonyl (C=O) groups is 2. The highest BCUT2D eigenvalue weighted by Gasteiger charge is 2.35. The van der Waals surface area contributed by atoms with Crippen LogP contribution in [-0.2, 0) is 6.54 Å². The zero-order chi connectivity index (χ0) is 29.2. The smallest absolute Gasteiger partial charge is 0.256 e. The number of halogens is 1. The summed E-state index contributed by atoms with van der Waals surface area (Å²) in [4.78, 5) is 41.5. The molecule has 42 heavy (non-hydrogen) atoms. The lowest BCUT2D eigenvalue weighted by Crippen LogP contribution is -2.47. The van der Waals surface area contributed by atoms with Gasteiger partial charge in [0.2, 0.25) is 0 Å². The fraction of sp³-hybridized carbons (Fsp3) is 0.242. The number of hydrogen-bond donors (Lipinski definition) is 2. The Morgan fingerprint density at radius 2 is 1.71 bits per heavy atom. The highest BCUT2D eigenvalue weighted by Crippen LogP contribution is 2.39. The third-order valence-corrected chi connectivity index (χ3v) is 8.56. The lowest BCUT2D eigenvalue weighted by atomic mass is 9.83. The van der Waals surface area contributed by atoms with Gasteiger partial charge in [0, 0.05) is 53.0 Å². The molecule has 1 fully saturated rings. The van der Waals surface area contributed by atoms with E-state index in [9.17, 15) is 14.4 Å². The molecule has 2 bridgehead atoms. The van der Waals surface area contributed by atoms with Crippen molar-refractivity contribution >= 4 is 44.8 Å². The molecule has 9 heteroatoms. The zero-order valence-corrected chi connectivity index (χ0v) is 24.8. The van der Waals surface area contributed by atoms with Gasteiger partial charge in [-0.15, -0.1) is 0 Å². The van der Waals surface area contributed by atoms with E-state index in [-0.39, 0.29) is 23.3 Å². The maximum Gasteiger partial charge on any atom is 0.256 e. The van der Waals surface area contributed by atoms with Gasteiger partial charge in [-0.25, -0.2) is 0 Å². The van der Waals surface area contributed by atoms with Crippen LogP contribution in [0.3, 0.4) is 0 Å². The molecule has 1 saturated heterocycles. The fourth-order valence-electron chi connectivity index (χ4n) is 5.99. The molecule has 0 spiro atoms. The second-order valence-corrected chi connectivity index (χ2v) is 11.5. The Labute approximate surface area is 252 Å². The van der Waals surface area contributed by atoms with Gasteiger partial charge in [-0.1, -0.05) is 18.2 Å². The van der Waals surface area contributed by atoms with E-state index in [4.69, 9.17) is 4.74 Å². The molecule has 2 atom stereocenters. The molecule has 8 nitrogen and oxygen atoms in total. The highest BCUT2D eigenvalue weighted by atomic mass is 79.9. The highest BCUT2D eigenvalue weighted by molar-refractivity contribution is 9.10. The molecule has 2 aliphatic rings. The first kappa shape index (κ1) is 27.8. The summed E-state index contributed by atoms with van der Waals surface area (Å²) >= 11 is 3.48. The average Bonchev–Trinajstić information content (AvgIpc) is 2.99. The Kier molecular flexibility index (Phi) is 7.84. The Bertz CT molecular complexity index is 1700. The van der Waals surface area contributed by atoms with E-state index in [1.807, 2.05) is 60.0 Å². The van der Waals surface area contributed by atoms with Gasteiger partial charge in [-0.05, 0) is 95.9 Å². The molecule has 0 saturated carbocycles. The Balaban J connectivity index is 1.31. The molecule has 2 N–H and O–H groups in total. The third kappa shape index (κ3) is 5.69. The number of aromatic nitrogens is 1. The number of pyridine rings is 1. The van der Waals surface area contributed by atoms with E-state index in [0.717, 1.165) is 30.1 Å². The minimum Gasteiger partial charge on any atom is -0.494 e. The number of piperidine rings is 1. The van der Waals surface area contributed by atoms with Crippen LogP contribution in [0.4, 0.5) is 17.1 Å². The van der Waals surface area contributed by atoms with Gasteiger partial charge in [0.25, 0.3) is 17.4 Å². The number of carbonyl (C=O) groups excluding carboxylic acids is 2. The first-order valence-corrected chi connectivity index (χ1v) is 14.9. The van der Waals surface area contributed by atoms with Crippen LogP contribution in [-0.4, -0.2) is 36.1 Å². The number of nitrogens with one attached hydrogen (secondary N) is 2. The minimum absolute atomic E-state index is 0.0416. The molecule has 2 amide bonds. The van der Waals surface area contributed by atoms with Crippen LogP contribution in [0.1, 0.15) is 45.7 Å². The monoisotopic (exact) mass is 626 g/mol. The molecule has 1 aromatic heterocycles. The summed E-state index contributed by atoms with van der Waals surface area (Å²) in [6.45, 7) is 4.60. The van der Waals surface area contributed by atoms with Gasteiger partial charge < -0.3 is 24.8 Å². The van der Waals surface area contributed by atoms with E-state index in [0.29, 0.717) is 52.6 Å². The van der Waals surface area contributed by atoms with Crippen molar-refractivity contribution in [1.29, 1.82) is 0 Å². The second-order valence-electron chi connectivity index (χ2n) is 10.7. The molecule has 214 valence electrons. The normalized spacial score (nSPS) is 17.2. The van der Waals surface area contributed by atoms with Crippen molar-refractivity contribution in [1.82, 2.24) is 4.57 Å². The minimum atomic E-state index is -0.286. The van der Waals surface area contributed by atoms with E-state index in [1.165, 1.54) is 0 Å². The van der Waals surface area contributed by atoms with Crippen molar-refractivity contribution in [3.05, 3.63) is 117 Å². The van der Waals surface area contributed by atoms with Gasteiger partial charge in [-0.2, -0.15) is 0 Å². The van der Waals surface area contributed by atoms with Gasteiger partial charge >= 0.3 is 0 Å². The number of amides is 2. The van der Waals surface area contributed by atoms with Crippen molar-refractivity contribution < 1.29 is 14.3 Å². The number of hydrogen-bond acceptors (Lipinski definition) is 5. The van der Waals surface area contributed by atoms with Crippen molar-refractivity contribution in [3.63, 3.8) is 0 Å². The lowest BCUT2D eigenvalue weighted by Gasteiger charge is -2.44. The van der Waals surface area contributed by atoms with Crippen LogP contribution >= 0.6 is 15.9 Å². The summed E-state index contributed by atoms with van der Waals surface area (Å²) in [6, 6.07) is 25.4. The molecule has 4 aromatic rings. The fourth-order valence-corrected chi connectivity index (χ4v) is 6.45. The molecule has 0 aliphatic carbocycles. The molecule has 3 aromatic carbocycles. The van der Waals surface area contributed by atoms with Crippen LogP contribution in [0.25, 0.3) is 0 Å². The van der Waals surface area contributed by atoms with Crippen molar-refractivity contribution in [2.45, 2.75) is 25.8 Å². The van der Waals surface area contributed by atoms with Crippen molar-refractivity contribution in [2.24, 2.45) is 5.92 Å². The van der Waals surface area contributed by atoms with Crippen molar-refractivity contribution in [3.8, 4) is 5.75 Å². The molecule has 2 aliphatic heterocycles. The Hall–Kier alpha value is -4.37. The topological polar surface area (TPSA) is 92.7 Å². The van der Waals surface area contributed by atoms with E-state index in [2.05, 4.69) is 31.5 Å². The summed E-state index contributed by atoms with van der Waals surface area (Å²) in [5, 5.41) is 6.01. The predicted molar refractivity (Wildman–Crippen MR) is 168 cm³/mol. The molecule has 6 rings (SSSR count). The SMILES string of the molecule is CCOc1ccc(NC(=O)c2ccc(N3CC4CC(C3)c3cccc(=O)n3C4)c(NC(=O)c3ccccc3Br)c2)cc1. The number of rotatable bonds is 7. The van der Waals surface area contributed by atoms with Crippen LogP contribution < -0.4 is 25.8 Å². The zero-order valence-electron chi connectivity index (χ0n) is 23.2. The summed E-state index contributed by atoms with van der Waals surface area (Å²) in [5.41, 5.74) is 4.05. The molecular weight excluding hydrogens is 596 g/mol. The van der Waals surface area contributed by atoms with Crippen LogP contribution in [0.5, 0.6) is 5.75 Å². The van der Waals surface area contributed by atoms with Gasteiger partial charge in [0.1, 0.15) is 5.75 Å². The maximum atomic E-state index is 13.4. The number of fused-ring (bicyclic) bond motifs is 4. The van der Waals surface area contributed by atoms with Gasteiger partial charge in [0.05, 0.1) is 23.5 Å². The number of ether oxygens (including phenoxy) is 1. The molecule has 3 heterocycles. The Morgan fingerprint density at radius 3 is 2.50 bits per heavy atom. The lowest BCUT2D eigenvalue weighted by molar-refractivity contribution is 0.101. The van der Waals surface area contributed by atoms with E-state index < -0.39 is 0 Å². The molecule has 2 unspecified atom stereocenters. The first-order valence-electron chi connectivity index (χ1n) is 14.1. The third-order valence-electron chi connectivity index (χ3n) is 7.87. The number of anilines is 3.